The Hall–Kier alpha value is -1.78. The molecule has 0 unspecified atom stereocenters. The van der Waals surface area contributed by atoms with Crippen LogP contribution in [0.5, 0.6) is 0 Å². The summed E-state index contributed by atoms with van der Waals surface area (Å²) < 4.78 is 1.47. The van der Waals surface area contributed by atoms with Gasteiger partial charge in [-0.05, 0) is 12.8 Å². The Morgan fingerprint density at radius 1 is 1.23 bits per heavy atom. The molecule has 126 valence electrons. The first kappa shape index (κ1) is 20.2. The third kappa shape index (κ3) is 12.0. The number of aryl methyl sites for hydroxylation is 1. The second-order valence-corrected chi connectivity index (χ2v) is 5.57. The van der Waals surface area contributed by atoms with Crippen LogP contribution in [0.4, 0.5) is 0 Å². The molecule has 22 heavy (non-hydrogen) atoms. The van der Waals surface area contributed by atoms with Gasteiger partial charge in [-0.2, -0.15) is 0 Å². The second kappa shape index (κ2) is 12.9. The topological polar surface area (TPSA) is 75.1 Å². The Kier molecular flexibility index (Phi) is 11.9. The van der Waals surface area contributed by atoms with Gasteiger partial charge in [0, 0.05) is 19.4 Å². The minimum Gasteiger partial charge on any atom is -0.481 e. The summed E-state index contributed by atoms with van der Waals surface area (Å²) in [6.07, 6.45) is 13.1. The molecule has 0 saturated carbocycles. The number of H-pyrrole nitrogens is 1. The van der Waals surface area contributed by atoms with Crippen LogP contribution in [0.25, 0.3) is 0 Å². The second-order valence-electron chi connectivity index (χ2n) is 5.57. The molecule has 1 aromatic rings. The molecule has 0 aliphatic carbocycles. The molecule has 1 rings (SSSR count). The van der Waals surface area contributed by atoms with Crippen molar-refractivity contribution in [1.29, 1.82) is 0 Å². The molecule has 0 bridgehead atoms. The van der Waals surface area contributed by atoms with Crippen molar-refractivity contribution >= 4 is 5.97 Å². The van der Waals surface area contributed by atoms with Gasteiger partial charge < -0.3 is 14.7 Å². The zero-order valence-electron chi connectivity index (χ0n) is 13.9. The molecule has 0 spiro atoms. The van der Waals surface area contributed by atoms with Gasteiger partial charge >= 0.3 is 11.7 Å². The number of hydrogen-bond acceptors (Lipinski definition) is 2. The Balaban J connectivity index is 0.000000518. The molecular formula is C17H30N2O3. The maximum absolute atomic E-state index is 10.4. The molecule has 1 heterocycles. The van der Waals surface area contributed by atoms with Crippen molar-refractivity contribution in [3.8, 4) is 0 Å². The Labute approximate surface area is 133 Å². The summed E-state index contributed by atoms with van der Waals surface area (Å²) in [5.74, 6) is -0.761. The maximum Gasteiger partial charge on any atom is 0.325 e. The summed E-state index contributed by atoms with van der Waals surface area (Å²) in [5.41, 5.74) is 0.788. The highest BCUT2D eigenvalue weighted by molar-refractivity contribution is 5.69. The third-order valence-corrected chi connectivity index (χ3v) is 3.36. The van der Waals surface area contributed by atoms with E-state index >= 15 is 0 Å². The Morgan fingerprint density at radius 3 is 2.23 bits per heavy atom. The molecule has 2 N–H and O–H groups in total. The van der Waals surface area contributed by atoms with Crippen LogP contribution in [-0.2, 0) is 11.8 Å². The van der Waals surface area contributed by atoms with Gasteiger partial charge in [0.15, 0.2) is 0 Å². The lowest BCUT2D eigenvalue weighted by Crippen LogP contribution is -2.10. The van der Waals surface area contributed by atoms with Crippen molar-refractivity contribution in [3.05, 3.63) is 35.0 Å². The molecule has 0 saturated heterocycles. The van der Waals surface area contributed by atoms with Gasteiger partial charge in [-0.3, -0.25) is 4.79 Å². The number of aliphatic carboxylic acids is 1. The van der Waals surface area contributed by atoms with Crippen LogP contribution in [0.15, 0.2) is 29.3 Å². The molecule has 0 aliphatic rings. The Morgan fingerprint density at radius 2 is 1.82 bits per heavy atom. The number of imidazole rings is 1. The molecule has 0 radical (unpaired) electrons. The molecule has 0 aromatic carbocycles. The maximum atomic E-state index is 10.4. The van der Waals surface area contributed by atoms with Gasteiger partial charge in [0.1, 0.15) is 0 Å². The lowest BCUT2D eigenvalue weighted by Gasteiger charge is -2.03. The summed E-state index contributed by atoms with van der Waals surface area (Å²) in [4.78, 5) is 23.2. The van der Waals surface area contributed by atoms with Gasteiger partial charge in [0.2, 0.25) is 0 Å². The zero-order valence-corrected chi connectivity index (χ0v) is 13.9. The largest absolute Gasteiger partial charge is 0.481 e. The van der Waals surface area contributed by atoms with E-state index in [1.807, 2.05) is 0 Å². The highest BCUT2D eigenvalue weighted by atomic mass is 16.4. The first-order chi connectivity index (χ1) is 10.5. The van der Waals surface area contributed by atoms with Crippen LogP contribution in [0.2, 0.25) is 0 Å². The summed E-state index contributed by atoms with van der Waals surface area (Å²) in [7, 11) is 1.69. The minimum atomic E-state index is -0.761. The molecule has 0 atom stereocenters. The Bertz CT molecular complexity index is 474. The van der Waals surface area contributed by atoms with Crippen molar-refractivity contribution in [2.24, 2.45) is 7.05 Å². The van der Waals surface area contributed by atoms with E-state index < -0.39 is 5.97 Å². The average molecular weight is 310 g/mol. The van der Waals surface area contributed by atoms with Crippen molar-refractivity contribution in [1.82, 2.24) is 9.55 Å². The van der Waals surface area contributed by atoms with E-state index in [0.29, 0.717) is 0 Å². The summed E-state index contributed by atoms with van der Waals surface area (Å²) in [6.45, 7) is 5.98. The summed E-state index contributed by atoms with van der Waals surface area (Å²) in [6, 6.07) is 0. The van der Waals surface area contributed by atoms with E-state index in [4.69, 9.17) is 5.11 Å². The SMILES string of the molecule is C=C(CCCCCCCCC)CC(=O)O.Cn1cc[nH]c1=O. The van der Waals surface area contributed by atoms with Crippen LogP contribution in [0.1, 0.15) is 64.7 Å². The van der Waals surface area contributed by atoms with E-state index in [0.717, 1.165) is 18.4 Å². The van der Waals surface area contributed by atoms with Crippen LogP contribution >= 0.6 is 0 Å². The fraction of sp³-hybridized carbons (Fsp3) is 0.647. The minimum absolute atomic E-state index is 0.0694. The lowest BCUT2D eigenvalue weighted by atomic mass is 10.0. The molecule has 0 fully saturated rings. The first-order valence-corrected chi connectivity index (χ1v) is 8.05. The predicted molar refractivity (Wildman–Crippen MR) is 90.0 cm³/mol. The number of carbonyl (C=O) groups is 1. The number of unbranched alkanes of at least 4 members (excludes halogenated alkanes) is 6. The highest BCUT2D eigenvalue weighted by Gasteiger charge is 2.00. The molecule has 1 aromatic heterocycles. The summed E-state index contributed by atoms with van der Waals surface area (Å²) >= 11 is 0. The van der Waals surface area contributed by atoms with E-state index in [2.05, 4.69) is 18.5 Å². The van der Waals surface area contributed by atoms with Gasteiger partial charge in [-0.1, -0.05) is 57.6 Å². The average Bonchev–Trinajstić information content (AvgIpc) is 2.82. The van der Waals surface area contributed by atoms with Gasteiger partial charge in [0.05, 0.1) is 6.42 Å². The normalized spacial score (nSPS) is 9.91. The molecule has 0 aliphatic heterocycles. The van der Waals surface area contributed by atoms with E-state index in [9.17, 15) is 9.59 Å². The third-order valence-electron chi connectivity index (χ3n) is 3.36. The molecular weight excluding hydrogens is 280 g/mol. The highest BCUT2D eigenvalue weighted by Crippen LogP contribution is 2.13. The van der Waals surface area contributed by atoms with Gasteiger partial charge in [-0.15, -0.1) is 0 Å². The van der Waals surface area contributed by atoms with Crippen molar-refractivity contribution in [2.45, 2.75) is 64.7 Å². The monoisotopic (exact) mass is 310 g/mol. The smallest absolute Gasteiger partial charge is 0.325 e. The molecule has 5 heteroatoms. The quantitative estimate of drug-likeness (QED) is 0.509. The number of aromatic nitrogens is 2. The fourth-order valence-electron chi connectivity index (χ4n) is 2.02. The summed E-state index contributed by atoms with van der Waals surface area (Å²) in [5, 5.41) is 8.52. The lowest BCUT2D eigenvalue weighted by molar-refractivity contribution is -0.136. The van der Waals surface area contributed by atoms with Crippen LogP contribution in [0, 0.1) is 0 Å². The van der Waals surface area contributed by atoms with E-state index in [-0.39, 0.29) is 12.1 Å². The van der Waals surface area contributed by atoms with Crippen molar-refractivity contribution < 1.29 is 9.90 Å². The van der Waals surface area contributed by atoms with Gasteiger partial charge in [0.25, 0.3) is 0 Å². The van der Waals surface area contributed by atoms with Crippen molar-refractivity contribution in [3.63, 3.8) is 0 Å². The standard InChI is InChI=1S/C13H24O2.C4H6N2O/c1-3-4-5-6-7-8-9-10-12(2)11-13(14)15;1-6-3-2-5-4(6)7/h2-11H2,1H3,(H,14,15);2-3H,1H3,(H,5,7). The predicted octanol–water partition coefficient (Wildman–Crippen LogP) is 3.87. The number of hydrogen-bond donors (Lipinski definition) is 2. The van der Waals surface area contributed by atoms with Gasteiger partial charge in [-0.25, -0.2) is 4.79 Å². The molecule has 5 nitrogen and oxygen atoms in total. The van der Waals surface area contributed by atoms with E-state index in [1.54, 1.807) is 19.4 Å². The number of nitrogens with one attached hydrogen (secondary N) is 1. The number of aromatic amines is 1. The van der Waals surface area contributed by atoms with Crippen LogP contribution in [-0.4, -0.2) is 20.6 Å². The van der Waals surface area contributed by atoms with E-state index in [1.165, 1.54) is 43.1 Å². The fourth-order valence-corrected chi connectivity index (χ4v) is 2.02. The number of nitrogens with zero attached hydrogens (tertiary/aromatic N) is 1. The van der Waals surface area contributed by atoms with Crippen LogP contribution < -0.4 is 5.69 Å². The number of carboxylic acids is 1. The van der Waals surface area contributed by atoms with Crippen molar-refractivity contribution in [2.75, 3.05) is 0 Å². The zero-order chi connectivity index (χ0) is 16.8. The number of carboxylic acid groups (broad SMARTS) is 1. The number of rotatable bonds is 10. The first-order valence-electron chi connectivity index (χ1n) is 8.05. The van der Waals surface area contributed by atoms with Crippen LogP contribution in [0.3, 0.4) is 0 Å². The molecule has 0 amide bonds.